The van der Waals surface area contributed by atoms with Crippen molar-refractivity contribution in [2.45, 2.75) is 51.0 Å². The molecule has 0 spiro atoms. The molecule has 1 saturated carbocycles. The molecule has 6 nitrogen and oxygen atoms in total. The summed E-state index contributed by atoms with van der Waals surface area (Å²) in [5.74, 6) is 1.55. The number of hydrogen-bond donors (Lipinski definition) is 1. The molecule has 1 aromatic carbocycles. The van der Waals surface area contributed by atoms with Crippen LogP contribution in [0.2, 0.25) is 0 Å². The lowest BCUT2D eigenvalue weighted by Crippen LogP contribution is -2.46. The summed E-state index contributed by atoms with van der Waals surface area (Å²) in [4.78, 5) is 14.6. The first kappa shape index (κ1) is 15.9. The van der Waals surface area contributed by atoms with Crippen molar-refractivity contribution in [2.24, 2.45) is 0 Å². The summed E-state index contributed by atoms with van der Waals surface area (Å²) in [5, 5.41) is 4.05. The number of fused-ring (bicyclic) bond motifs is 1. The van der Waals surface area contributed by atoms with Crippen LogP contribution < -0.4 is 0 Å². The number of piperidine rings is 1. The molecule has 0 bridgehead atoms. The largest absolute Gasteiger partial charge is 0.342 e. The first-order valence-electron chi connectivity index (χ1n) is 9.42. The highest BCUT2D eigenvalue weighted by Gasteiger charge is 2.38. The van der Waals surface area contributed by atoms with E-state index in [1.165, 1.54) is 38.4 Å². The van der Waals surface area contributed by atoms with Crippen LogP contribution in [0.5, 0.6) is 0 Å². The molecule has 2 aromatic heterocycles. The van der Waals surface area contributed by atoms with E-state index in [-0.39, 0.29) is 17.6 Å². The third kappa shape index (κ3) is 2.61. The second-order valence-corrected chi connectivity index (χ2v) is 7.52. The zero-order valence-electron chi connectivity index (χ0n) is 14.8. The van der Waals surface area contributed by atoms with Gasteiger partial charge in [-0.05, 0) is 57.8 Å². The van der Waals surface area contributed by atoms with E-state index in [1.807, 2.05) is 6.92 Å². The normalized spacial score (nSPS) is 24.1. The van der Waals surface area contributed by atoms with Gasteiger partial charge < -0.3 is 14.4 Å². The quantitative estimate of drug-likeness (QED) is 0.774. The van der Waals surface area contributed by atoms with E-state index < -0.39 is 0 Å². The van der Waals surface area contributed by atoms with Crippen molar-refractivity contribution >= 4 is 11.0 Å². The van der Waals surface area contributed by atoms with E-state index >= 15 is 0 Å². The smallest absolute Gasteiger partial charge is 0.230 e. The molecule has 0 unspecified atom stereocenters. The summed E-state index contributed by atoms with van der Waals surface area (Å²) >= 11 is 0. The molecule has 3 heterocycles. The van der Waals surface area contributed by atoms with Crippen LogP contribution in [0.1, 0.15) is 49.7 Å². The standard InChI is InChI=1S/C19H22FN5O/c1-11-21-15-6-5-14(20)16(17(15)22-11)18-23-19(26-24-18)12-9-13(10-12)25-7-3-2-4-8-25/h5-6,12-13H,2-4,7-10H2,1H3,(H,21,22). The Morgan fingerprint density at radius 2 is 1.96 bits per heavy atom. The number of imidazole rings is 1. The number of aryl methyl sites for hydroxylation is 1. The lowest BCUT2D eigenvalue weighted by molar-refractivity contribution is 0.0783. The zero-order chi connectivity index (χ0) is 17.7. The highest BCUT2D eigenvalue weighted by atomic mass is 19.1. The van der Waals surface area contributed by atoms with Crippen LogP contribution in [0, 0.1) is 12.7 Å². The van der Waals surface area contributed by atoms with Gasteiger partial charge >= 0.3 is 0 Å². The van der Waals surface area contributed by atoms with E-state index in [0.717, 1.165) is 24.2 Å². The molecule has 136 valence electrons. The molecule has 3 aromatic rings. The number of nitrogens with zero attached hydrogens (tertiary/aromatic N) is 4. The molecule has 1 N–H and O–H groups in total. The molecule has 2 fully saturated rings. The summed E-state index contributed by atoms with van der Waals surface area (Å²) in [5.41, 5.74) is 1.64. The molecular formula is C19H22FN5O. The maximum atomic E-state index is 14.4. The van der Waals surface area contributed by atoms with Crippen LogP contribution in [0.4, 0.5) is 4.39 Å². The van der Waals surface area contributed by atoms with Gasteiger partial charge in [0.25, 0.3) is 0 Å². The molecule has 26 heavy (non-hydrogen) atoms. The fourth-order valence-electron chi connectivity index (χ4n) is 4.26. The molecule has 7 heteroatoms. The summed E-state index contributed by atoms with van der Waals surface area (Å²) in [6, 6.07) is 3.73. The fourth-order valence-corrected chi connectivity index (χ4v) is 4.26. The maximum Gasteiger partial charge on any atom is 0.230 e. The Morgan fingerprint density at radius 1 is 1.15 bits per heavy atom. The van der Waals surface area contributed by atoms with Gasteiger partial charge in [0.05, 0.1) is 11.1 Å². The third-order valence-corrected chi connectivity index (χ3v) is 5.76. The predicted octanol–water partition coefficient (Wildman–Crippen LogP) is 3.79. The number of nitrogens with one attached hydrogen (secondary N) is 1. The predicted molar refractivity (Wildman–Crippen MR) is 95.3 cm³/mol. The highest BCUT2D eigenvalue weighted by Crippen LogP contribution is 2.40. The van der Waals surface area contributed by atoms with Crippen LogP contribution in [0.15, 0.2) is 16.7 Å². The average Bonchev–Trinajstić information content (AvgIpc) is 3.21. The van der Waals surface area contributed by atoms with Crippen LogP contribution in [-0.2, 0) is 0 Å². The first-order chi connectivity index (χ1) is 12.7. The Bertz CT molecular complexity index is 937. The summed E-state index contributed by atoms with van der Waals surface area (Å²) in [6.07, 6.45) is 6.06. The molecule has 1 saturated heterocycles. The minimum Gasteiger partial charge on any atom is -0.342 e. The summed E-state index contributed by atoms with van der Waals surface area (Å²) in [6.45, 7) is 4.26. The van der Waals surface area contributed by atoms with Gasteiger partial charge in [-0.2, -0.15) is 4.98 Å². The molecule has 1 aliphatic carbocycles. The van der Waals surface area contributed by atoms with Gasteiger partial charge in [-0.25, -0.2) is 9.37 Å². The van der Waals surface area contributed by atoms with E-state index in [2.05, 4.69) is 25.0 Å². The lowest BCUT2D eigenvalue weighted by atomic mass is 9.78. The summed E-state index contributed by atoms with van der Waals surface area (Å²) < 4.78 is 19.9. The molecular weight excluding hydrogens is 333 g/mol. The molecule has 0 radical (unpaired) electrons. The van der Waals surface area contributed by atoms with Crippen LogP contribution >= 0.6 is 0 Å². The third-order valence-electron chi connectivity index (χ3n) is 5.76. The van der Waals surface area contributed by atoms with Crippen molar-refractivity contribution in [2.75, 3.05) is 13.1 Å². The Morgan fingerprint density at radius 3 is 2.77 bits per heavy atom. The second-order valence-electron chi connectivity index (χ2n) is 7.52. The summed E-state index contributed by atoms with van der Waals surface area (Å²) in [7, 11) is 0. The van der Waals surface area contributed by atoms with E-state index in [4.69, 9.17) is 4.52 Å². The van der Waals surface area contributed by atoms with Crippen molar-refractivity contribution < 1.29 is 8.91 Å². The minimum absolute atomic E-state index is 0.284. The van der Waals surface area contributed by atoms with Gasteiger partial charge in [-0.3, -0.25) is 0 Å². The van der Waals surface area contributed by atoms with Crippen LogP contribution in [0.3, 0.4) is 0 Å². The minimum atomic E-state index is -0.379. The number of likely N-dealkylation sites (tertiary alicyclic amines) is 1. The number of aromatic amines is 1. The van der Waals surface area contributed by atoms with Crippen LogP contribution in [-0.4, -0.2) is 44.1 Å². The molecule has 0 atom stereocenters. The van der Waals surface area contributed by atoms with Gasteiger partial charge in [0.2, 0.25) is 11.7 Å². The Hall–Kier alpha value is -2.28. The first-order valence-corrected chi connectivity index (χ1v) is 9.42. The van der Waals surface area contributed by atoms with Crippen molar-refractivity contribution in [3.8, 4) is 11.4 Å². The topological polar surface area (TPSA) is 70.8 Å². The van der Waals surface area contributed by atoms with Gasteiger partial charge in [0.1, 0.15) is 17.2 Å². The number of aromatic nitrogens is 4. The molecule has 2 aliphatic rings. The Labute approximate surface area is 150 Å². The number of benzene rings is 1. The van der Waals surface area contributed by atoms with E-state index in [9.17, 15) is 4.39 Å². The van der Waals surface area contributed by atoms with Crippen molar-refractivity contribution in [1.29, 1.82) is 0 Å². The van der Waals surface area contributed by atoms with Crippen LogP contribution in [0.25, 0.3) is 22.4 Å². The number of hydrogen-bond acceptors (Lipinski definition) is 5. The molecule has 1 aliphatic heterocycles. The second kappa shape index (κ2) is 6.16. The van der Waals surface area contributed by atoms with Gasteiger partial charge in [0.15, 0.2) is 0 Å². The van der Waals surface area contributed by atoms with Gasteiger partial charge in [-0.1, -0.05) is 11.6 Å². The number of H-pyrrole nitrogens is 1. The average molecular weight is 355 g/mol. The molecule has 0 amide bonds. The van der Waals surface area contributed by atoms with E-state index in [1.54, 1.807) is 6.07 Å². The zero-order valence-corrected chi connectivity index (χ0v) is 14.8. The SMILES string of the molecule is Cc1nc2c(-c3noc(C4CC(N5CCCCC5)C4)n3)c(F)ccc2[nH]1. The lowest BCUT2D eigenvalue weighted by Gasteiger charge is -2.43. The van der Waals surface area contributed by atoms with Crippen molar-refractivity contribution in [3.63, 3.8) is 0 Å². The number of rotatable bonds is 3. The number of halogens is 1. The molecule has 5 rings (SSSR count). The van der Waals surface area contributed by atoms with Crippen molar-refractivity contribution in [1.82, 2.24) is 25.0 Å². The Kier molecular flexibility index (Phi) is 3.77. The van der Waals surface area contributed by atoms with Gasteiger partial charge in [-0.15, -0.1) is 0 Å². The monoisotopic (exact) mass is 355 g/mol. The van der Waals surface area contributed by atoms with Crippen molar-refractivity contribution in [3.05, 3.63) is 29.7 Å². The highest BCUT2D eigenvalue weighted by molar-refractivity contribution is 5.90. The maximum absolute atomic E-state index is 14.4. The van der Waals surface area contributed by atoms with Gasteiger partial charge in [0, 0.05) is 12.0 Å². The fraction of sp³-hybridized carbons (Fsp3) is 0.526. The Balaban J connectivity index is 1.37. The van der Waals surface area contributed by atoms with E-state index in [0.29, 0.717) is 23.0 Å².